The first-order chi connectivity index (χ1) is 12.6. The fourth-order valence-corrected chi connectivity index (χ4v) is 1.78. The van der Waals surface area contributed by atoms with Gasteiger partial charge >= 0.3 is 18.2 Å². The molecule has 0 atom stereocenters. The van der Waals surface area contributed by atoms with Crippen LogP contribution in [0.5, 0.6) is 11.5 Å². The Kier molecular flexibility index (Phi) is 7.47. The van der Waals surface area contributed by atoms with Crippen molar-refractivity contribution in [3.8, 4) is 11.5 Å². The molecular formula is C18H18N2O6. The largest absolute Gasteiger partial charge is 0.462 e. The fraction of sp³-hybridized carbons (Fsp3) is 0.167. The van der Waals surface area contributed by atoms with Crippen molar-refractivity contribution in [3.63, 3.8) is 0 Å². The van der Waals surface area contributed by atoms with E-state index in [2.05, 4.69) is 10.6 Å². The molecule has 0 bridgehead atoms. The van der Waals surface area contributed by atoms with Crippen LogP contribution in [0, 0.1) is 0 Å². The van der Waals surface area contributed by atoms with Crippen molar-refractivity contribution in [3.05, 3.63) is 60.7 Å². The van der Waals surface area contributed by atoms with E-state index in [1.807, 2.05) is 0 Å². The SMILES string of the molecule is O=C(CNC(=O)Oc1ccccc1)OCCNC(=O)Oc1ccccc1. The first kappa shape index (κ1) is 18.8. The van der Waals surface area contributed by atoms with Crippen LogP contribution in [-0.4, -0.2) is 37.9 Å². The fourth-order valence-electron chi connectivity index (χ4n) is 1.78. The Balaban J connectivity index is 1.54. The lowest BCUT2D eigenvalue weighted by molar-refractivity contribution is -0.142. The Morgan fingerprint density at radius 2 is 1.23 bits per heavy atom. The van der Waals surface area contributed by atoms with Crippen molar-refractivity contribution < 1.29 is 28.6 Å². The number of hydrogen-bond acceptors (Lipinski definition) is 6. The second-order valence-electron chi connectivity index (χ2n) is 4.91. The van der Waals surface area contributed by atoms with Crippen LogP contribution in [0.1, 0.15) is 0 Å². The second-order valence-corrected chi connectivity index (χ2v) is 4.91. The van der Waals surface area contributed by atoms with Crippen molar-refractivity contribution in [2.75, 3.05) is 19.7 Å². The van der Waals surface area contributed by atoms with Gasteiger partial charge in [-0.25, -0.2) is 9.59 Å². The average molecular weight is 358 g/mol. The third-order valence-electron chi connectivity index (χ3n) is 2.92. The van der Waals surface area contributed by atoms with Gasteiger partial charge in [0.2, 0.25) is 0 Å². The number of benzene rings is 2. The summed E-state index contributed by atoms with van der Waals surface area (Å²) in [5.41, 5.74) is 0. The van der Waals surface area contributed by atoms with E-state index in [4.69, 9.17) is 14.2 Å². The van der Waals surface area contributed by atoms with Crippen LogP contribution < -0.4 is 20.1 Å². The molecule has 0 heterocycles. The van der Waals surface area contributed by atoms with E-state index in [0.717, 1.165) is 0 Å². The molecule has 2 aromatic rings. The highest BCUT2D eigenvalue weighted by atomic mass is 16.6. The second kappa shape index (κ2) is 10.3. The molecule has 8 nitrogen and oxygen atoms in total. The lowest BCUT2D eigenvalue weighted by Crippen LogP contribution is -2.35. The molecule has 0 spiro atoms. The Bertz CT molecular complexity index is 721. The maximum atomic E-state index is 11.5. The van der Waals surface area contributed by atoms with E-state index in [-0.39, 0.29) is 19.7 Å². The van der Waals surface area contributed by atoms with Crippen LogP contribution >= 0.6 is 0 Å². The van der Waals surface area contributed by atoms with Gasteiger partial charge in [-0.1, -0.05) is 36.4 Å². The van der Waals surface area contributed by atoms with Crippen molar-refractivity contribution in [1.29, 1.82) is 0 Å². The summed E-state index contributed by atoms with van der Waals surface area (Å²) in [5, 5.41) is 4.70. The van der Waals surface area contributed by atoms with Crippen molar-refractivity contribution in [2.45, 2.75) is 0 Å². The number of nitrogens with one attached hydrogen (secondary N) is 2. The zero-order chi connectivity index (χ0) is 18.6. The van der Waals surface area contributed by atoms with E-state index >= 15 is 0 Å². The molecule has 0 unspecified atom stereocenters. The van der Waals surface area contributed by atoms with Crippen LogP contribution in [-0.2, 0) is 9.53 Å². The quantitative estimate of drug-likeness (QED) is 0.580. The van der Waals surface area contributed by atoms with Crippen molar-refractivity contribution in [1.82, 2.24) is 10.6 Å². The zero-order valence-corrected chi connectivity index (χ0v) is 13.8. The number of carbonyl (C=O) groups excluding carboxylic acids is 3. The Labute approximate surface area is 150 Å². The number of para-hydroxylation sites is 2. The van der Waals surface area contributed by atoms with E-state index in [9.17, 15) is 14.4 Å². The van der Waals surface area contributed by atoms with Crippen LogP contribution in [0.2, 0.25) is 0 Å². The monoisotopic (exact) mass is 358 g/mol. The summed E-state index contributed by atoms with van der Waals surface area (Å²) in [6.07, 6.45) is -1.42. The third-order valence-corrected chi connectivity index (χ3v) is 2.92. The number of amides is 2. The first-order valence-corrected chi connectivity index (χ1v) is 7.80. The summed E-state index contributed by atoms with van der Waals surface area (Å²) < 4.78 is 14.8. The lowest BCUT2D eigenvalue weighted by atomic mass is 10.3. The zero-order valence-electron chi connectivity index (χ0n) is 13.8. The molecule has 2 N–H and O–H groups in total. The third kappa shape index (κ3) is 7.35. The highest BCUT2D eigenvalue weighted by Crippen LogP contribution is 2.08. The maximum Gasteiger partial charge on any atom is 0.413 e. The van der Waals surface area contributed by atoms with Crippen LogP contribution in [0.25, 0.3) is 0 Å². The molecule has 0 saturated carbocycles. The number of ether oxygens (including phenoxy) is 3. The predicted molar refractivity (Wildman–Crippen MR) is 91.9 cm³/mol. The molecule has 0 aliphatic heterocycles. The van der Waals surface area contributed by atoms with E-state index in [1.165, 1.54) is 0 Å². The maximum absolute atomic E-state index is 11.5. The van der Waals surface area contributed by atoms with Gasteiger partial charge in [0.1, 0.15) is 24.7 Å². The summed E-state index contributed by atoms with van der Waals surface area (Å²) in [7, 11) is 0. The molecule has 0 radical (unpaired) electrons. The predicted octanol–water partition coefficient (Wildman–Crippen LogP) is 2.11. The van der Waals surface area contributed by atoms with Gasteiger partial charge in [-0.2, -0.15) is 0 Å². The highest BCUT2D eigenvalue weighted by Gasteiger charge is 2.09. The van der Waals surface area contributed by atoms with Gasteiger partial charge in [-0.05, 0) is 24.3 Å². The summed E-state index contributed by atoms with van der Waals surface area (Å²) in [6.45, 7) is -0.329. The minimum atomic E-state index is -0.766. The summed E-state index contributed by atoms with van der Waals surface area (Å²) in [5.74, 6) is 0.107. The van der Waals surface area contributed by atoms with Crippen LogP contribution in [0.15, 0.2) is 60.7 Å². The van der Waals surface area contributed by atoms with E-state index in [1.54, 1.807) is 60.7 Å². The number of rotatable bonds is 7. The van der Waals surface area contributed by atoms with Gasteiger partial charge in [-0.15, -0.1) is 0 Å². The molecule has 0 aliphatic rings. The number of hydrogen-bond donors (Lipinski definition) is 2. The van der Waals surface area contributed by atoms with Gasteiger partial charge in [-0.3, -0.25) is 4.79 Å². The number of esters is 1. The molecule has 8 heteroatoms. The van der Waals surface area contributed by atoms with E-state index in [0.29, 0.717) is 11.5 Å². The van der Waals surface area contributed by atoms with Crippen LogP contribution in [0.3, 0.4) is 0 Å². The molecule has 26 heavy (non-hydrogen) atoms. The summed E-state index contributed by atoms with van der Waals surface area (Å²) in [4.78, 5) is 34.5. The standard InChI is InChI=1S/C18H18N2O6/c21-16(13-20-18(23)26-15-9-5-2-6-10-15)24-12-11-19-17(22)25-14-7-3-1-4-8-14/h1-10H,11-13H2,(H,19,22)(H,20,23). The molecule has 0 fully saturated rings. The van der Waals surface area contributed by atoms with Crippen LogP contribution in [0.4, 0.5) is 9.59 Å². The van der Waals surface area contributed by atoms with Gasteiger partial charge in [0, 0.05) is 0 Å². The van der Waals surface area contributed by atoms with E-state index < -0.39 is 18.2 Å². The molecule has 0 saturated heterocycles. The van der Waals surface area contributed by atoms with Gasteiger partial charge < -0.3 is 24.8 Å². The normalized spacial score (nSPS) is 9.69. The summed E-state index contributed by atoms with van der Waals surface area (Å²) >= 11 is 0. The Morgan fingerprint density at radius 3 is 1.77 bits per heavy atom. The summed E-state index contributed by atoms with van der Waals surface area (Å²) in [6, 6.07) is 17.0. The Hall–Kier alpha value is -3.55. The molecule has 2 aromatic carbocycles. The first-order valence-electron chi connectivity index (χ1n) is 7.80. The molecule has 136 valence electrons. The lowest BCUT2D eigenvalue weighted by Gasteiger charge is -2.08. The molecule has 2 amide bonds. The van der Waals surface area contributed by atoms with Gasteiger partial charge in [0.25, 0.3) is 0 Å². The van der Waals surface area contributed by atoms with Gasteiger partial charge in [0.05, 0.1) is 6.54 Å². The van der Waals surface area contributed by atoms with Crippen molar-refractivity contribution >= 4 is 18.2 Å². The molecular weight excluding hydrogens is 340 g/mol. The minimum absolute atomic E-state index is 0.0574. The smallest absolute Gasteiger partial charge is 0.413 e. The Morgan fingerprint density at radius 1 is 0.731 bits per heavy atom. The van der Waals surface area contributed by atoms with Gasteiger partial charge in [0.15, 0.2) is 0 Å². The highest BCUT2D eigenvalue weighted by molar-refractivity contribution is 5.78. The van der Waals surface area contributed by atoms with Crippen molar-refractivity contribution in [2.24, 2.45) is 0 Å². The molecule has 0 aromatic heterocycles. The molecule has 2 rings (SSSR count). The number of carbonyl (C=O) groups is 3. The topological polar surface area (TPSA) is 103 Å². The molecule has 0 aliphatic carbocycles. The minimum Gasteiger partial charge on any atom is -0.462 e. The average Bonchev–Trinajstić information content (AvgIpc) is 2.65.